The summed E-state index contributed by atoms with van der Waals surface area (Å²) in [4.78, 5) is 14.0. The van der Waals surface area contributed by atoms with Crippen LogP contribution in [-0.4, -0.2) is 43.3 Å². The van der Waals surface area contributed by atoms with E-state index in [4.69, 9.17) is 9.47 Å². The molecule has 1 amide bonds. The topological polar surface area (TPSA) is 50.8 Å². The average molecular weight is 338 g/mol. The molecule has 1 aliphatic rings. The van der Waals surface area contributed by atoms with E-state index in [2.05, 4.69) is 12.2 Å². The van der Waals surface area contributed by atoms with E-state index in [1.165, 1.54) is 6.07 Å². The Balaban J connectivity index is 1.92. The predicted octanol–water partition coefficient (Wildman–Crippen LogP) is 3.33. The Kier molecular flexibility index (Phi) is 7.31. The van der Waals surface area contributed by atoms with Crippen LogP contribution in [0.5, 0.6) is 5.75 Å². The predicted molar refractivity (Wildman–Crippen MR) is 90.6 cm³/mol. The van der Waals surface area contributed by atoms with E-state index in [0.717, 1.165) is 32.4 Å². The number of halogens is 1. The lowest BCUT2D eigenvalue weighted by atomic mass is 10.1. The zero-order chi connectivity index (χ0) is 17.4. The molecule has 6 heteroatoms. The zero-order valence-corrected chi connectivity index (χ0v) is 14.5. The monoisotopic (exact) mass is 338 g/mol. The van der Waals surface area contributed by atoms with E-state index >= 15 is 0 Å². The van der Waals surface area contributed by atoms with Gasteiger partial charge in [-0.15, -0.1) is 0 Å². The van der Waals surface area contributed by atoms with Crippen LogP contribution in [0.2, 0.25) is 0 Å². The first-order valence-corrected chi connectivity index (χ1v) is 8.71. The van der Waals surface area contributed by atoms with Gasteiger partial charge in [0.1, 0.15) is 18.2 Å². The highest BCUT2D eigenvalue weighted by Crippen LogP contribution is 2.19. The fraction of sp³-hybridized carbons (Fsp3) is 0.611. The van der Waals surface area contributed by atoms with Gasteiger partial charge in [-0.05, 0) is 31.0 Å². The van der Waals surface area contributed by atoms with Crippen molar-refractivity contribution < 1.29 is 18.7 Å². The Bertz CT molecular complexity index is 539. The van der Waals surface area contributed by atoms with Crippen molar-refractivity contribution in [1.29, 1.82) is 0 Å². The Morgan fingerprint density at radius 1 is 1.42 bits per heavy atom. The summed E-state index contributed by atoms with van der Waals surface area (Å²) in [6, 6.07) is 4.68. The van der Waals surface area contributed by atoms with E-state index in [0.29, 0.717) is 24.5 Å². The van der Waals surface area contributed by atoms with Crippen LogP contribution in [0, 0.1) is 5.82 Å². The van der Waals surface area contributed by atoms with Crippen molar-refractivity contribution in [1.82, 2.24) is 10.2 Å². The summed E-state index contributed by atoms with van der Waals surface area (Å²) in [6.45, 7) is 6.76. The number of hydrogen-bond acceptors (Lipinski definition) is 4. The fourth-order valence-corrected chi connectivity index (χ4v) is 2.67. The first-order valence-electron chi connectivity index (χ1n) is 8.71. The number of piperazine rings is 1. The number of rotatable bonds is 7. The molecule has 1 unspecified atom stereocenters. The number of amides is 1. The molecule has 0 radical (unpaired) electrons. The third-order valence-corrected chi connectivity index (χ3v) is 4.19. The van der Waals surface area contributed by atoms with Crippen molar-refractivity contribution in [2.75, 3.05) is 26.2 Å². The number of nitrogens with one attached hydrogen (secondary N) is 1. The highest BCUT2D eigenvalue weighted by molar-refractivity contribution is 5.68. The van der Waals surface area contributed by atoms with Crippen molar-refractivity contribution in [3.63, 3.8) is 0 Å². The number of carbonyl (C=O) groups excluding carboxylic acids is 1. The van der Waals surface area contributed by atoms with Gasteiger partial charge in [0, 0.05) is 31.2 Å². The van der Waals surface area contributed by atoms with E-state index in [1.54, 1.807) is 17.0 Å². The molecule has 1 aliphatic heterocycles. The number of benzene rings is 1. The third kappa shape index (κ3) is 5.09. The van der Waals surface area contributed by atoms with Crippen LogP contribution in [0.15, 0.2) is 18.2 Å². The molecule has 1 fully saturated rings. The first kappa shape index (κ1) is 18.5. The average Bonchev–Trinajstić information content (AvgIpc) is 2.61. The van der Waals surface area contributed by atoms with Gasteiger partial charge in [0.15, 0.2) is 0 Å². The smallest absolute Gasteiger partial charge is 0.410 e. The lowest BCUT2D eigenvalue weighted by Gasteiger charge is -2.34. The maximum atomic E-state index is 13.9. The van der Waals surface area contributed by atoms with Gasteiger partial charge in [0.2, 0.25) is 0 Å². The lowest BCUT2D eigenvalue weighted by molar-refractivity contribution is 0.0706. The Morgan fingerprint density at radius 3 is 3.00 bits per heavy atom. The molecule has 0 aliphatic carbocycles. The number of ether oxygens (including phenoxy) is 2. The van der Waals surface area contributed by atoms with Crippen molar-refractivity contribution in [3.05, 3.63) is 29.6 Å². The summed E-state index contributed by atoms with van der Waals surface area (Å²) >= 11 is 0. The van der Waals surface area contributed by atoms with Gasteiger partial charge in [0.05, 0.1) is 6.61 Å². The molecule has 1 aromatic rings. The second kappa shape index (κ2) is 9.47. The second-order valence-electron chi connectivity index (χ2n) is 5.97. The standard InChI is InChI=1S/C18H27FN2O3/c1-3-5-10-23-16-6-7-17(19)14(11-16)13-24-18(22)21-9-8-20-12-15(21)4-2/h6-7,11,15,20H,3-5,8-10,12-13H2,1-2H3. The van der Waals surface area contributed by atoms with Crippen LogP contribution >= 0.6 is 0 Å². The molecule has 0 aromatic heterocycles. The summed E-state index contributed by atoms with van der Waals surface area (Å²) < 4.78 is 24.8. The SMILES string of the molecule is CCCCOc1ccc(F)c(COC(=O)N2CCNCC2CC)c1. The lowest BCUT2D eigenvalue weighted by Crippen LogP contribution is -2.53. The van der Waals surface area contributed by atoms with E-state index < -0.39 is 5.82 Å². The van der Waals surface area contributed by atoms with Gasteiger partial charge in [-0.1, -0.05) is 20.3 Å². The minimum absolute atomic E-state index is 0.0873. The summed E-state index contributed by atoms with van der Waals surface area (Å²) in [7, 11) is 0. The van der Waals surface area contributed by atoms with Crippen molar-refractivity contribution in [2.24, 2.45) is 0 Å². The molecule has 0 spiro atoms. The number of unbranched alkanes of at least 4 members (excludes halogenated alkanes) is 1. The molecule has 0 saturated carbocycles. The van der Waals surface area contributed by atoms with Crippen LogP contribution in [0.1, 0.15) is 38.7 Å². The Morgan fingerprint density at radius 2 is 2.25 bits per heavy atom. The van der Waals surface area contributed by atoms with E-state index in [-0.39, 0.29) is 18.7 Å². The molecule has 0 bridgehead atoms. The molecule has 1 heterocycles. The van der Waals surface area contributed by atoms with Crippen molar-refractivity contribution in [2.45, 2.75) is 45.8 Å². The minimum Gasteiger partial charge on any atom is -0.494 e. The Hall–Kier alpha value is -1.82. The quantitative estimate of drug-likeness (QED) is 0.775. The molecule has 5 nitrogen and oxygen atoms in total. The van der Waals surface area contributed by atoms with Crippen LogP contribution in [0.4, 0.5) is 9.18 Å². The number of nitrogens with zero attached hydrogens (tertiary/aromatic N) is 1. The van der Waals surface area contributed by atoms with Gasteiger partial charge in [-0.25, -0.2) is 9.18 Å². The molecule has 1 atom stereocenters. The van der Waals surface area contributed by atoms with Crippen molar-refractivity contribution in [3.8, 4) is 5.75 Å². The van der Waals surface area contributed by atoms with Gasteiger partial charge in [-0.2, -0.15) is 0 Å². The number of hydrogen-bond donors (Lipinski definition) is 1. The Labute approximate surface area is 143 Å². The van der Waals surface area contributed by atoms with Gasteiger partial charge < -0.3 is 19.7 Å². The molecular weight excluding hydrogens is 311 g/mol. The maximum Gasteiger partial charge on any atom is 0.410 e. The molecular formula is C18H27FN2O3. The van der Waals surface area contributed by atoms with Gasteiger partial charge in [0.25, 0.3) is 0 Å². The molecule has 1 saturated heterocycles. The zero-order valence-electron chi connectivity index (χ0n) is 14.5. The van der Waals surface area contributed by atoms with Crippen LogP contribution in [0.25, 0.3) is 0 Å². The summed E-state index contributed by atoms with van der Waals surface area (Å²) in [6.07, 6.45) is 2.45. The van der Waals surface area contributed by atoms with Crippen LogP contribution in [0.3, 0.4) is 0 Å². The van der Waals surface area contributed by atoms with Crippen LogP contribution < -0.4 is 10.1 Å². The van der Waals surface area contributed by atoms with E-state index in [9.17, 15) is 9.18 Å². The third-order valence-electron chi connectivity index (χ3n) is 4.19. The molecule has 134 valence electrons. The van der Waals surface area contributed by atoms with Gasteiger partial charge >= 0.3 is 6.09 Å². The highest BCUT2D eigenvalue weighted by Gasteiger charge is 2.26. The fourth-order valence-electron chi connectivity index (χ4n) is 2.67. The molecule has 1 N–H and O–H groups in total. The van der Waals surface area contributed by atoms with Crippen molar-refractivity contribution >= 4 is 6.09 Å². The van der Waals surface area contributed by atoms with E-state index in [1.807, 2.05) is 6.92 Å². The molecule has 24 heavy (non-hydrogen) atoms. The largest absolute Gasteiger partial charge is 0.494 e. The second-order valence-corrected chi connectivity index (χ2v) is 5.97. The summed E-state index contributed by atoms with van der Waals surface area (Å²) in [5.74, 6) is 0.211. The molecule has 2 rings (SSSR count). The normalized spacial score (nSPS) is 17.6. The first-order chi connectivity index (χ1) is 11.7. The highest BCUT2D eigenvalue weighted by atomic mass is 19.1. The summed E-state index contributed by atoms with van der Waals surface area (Å²) in [5.41, 5.74) is 0.334. The van der Waals surface area contributed by atoms with Gasteiger partial charge in [-0.3, -0.25) is 0 Å². The summed E-state index contributed by atoms with van der Waals surface area (Å²) in [5, 5.41) is 3.26. The number of carbonyl (C=O) groups is 1. The van der Waals surface area contributed by atoms with Crippen LogP contribution in [-0.2, 0) is 11.3 Å². The molecule has 1 aromatic carbocycles. The maximum absolute atomic E-state index is 13.9. The minimum atomic E-state index is -0.391.